The number of carbonyl (C=O) groups is 1. The van der Waals surface area contributed by atoms with Gasteiger partial charge in [0.05, 0.1) is 11.8 Å². The van der Waals surface area contributed by atoms with Gasteiger partial charge in [-0.25, -0.2) is 0 Å². The van der Waals surface area contributed by atoms with Crippen LogP contribution in [0.15, 0.2) is 24.3 Å². The van der Waals surface area contributed by atoms with Crippen LogP contribution >= 0.6 is 0 Å². The Morgan fingerprint density at radius 1 is 1.31 bits per heavy atom. The monoisotopic (exact) mass is 200 g/mol. The molecule has 70 valence electrons. The highest BCUT2D eigenvalue weighted by molar-refractivity contribution is 7.86. The molecule has 0 bridgehead atoms. The van der Waals surface area contributed by atoms with Gasteiger partial charge in [0.15, 0.2) is 12.0 Å². The summed E-state index contributed by atoms with van der Waals surface area (Å²) in [6.07, 6.45) is 1.47. The number of carbonyl (C=O) groups excluding carboxylic acids is 1. The summed E-state index contributed by atoms with van der Waals surface area (Å²) in [7, 11) is -3.57. The predicted octanol–water partition coefficient (Wildman–Crippen LogP) is 0.838. The molecule has 1 aromatic rings. The molecule has 0 radical (unpaired) electrons. The summed E-state index contributed by atoms with van der Waals surface area (Å²) in [4.78, 5) is 10.4. The smallest absolute Gasteiger partial charge is 0.306 e. The average molecular weight is 200 g/mol. The van der Waals surface area contributed by atoms with Crippen molar-refractivity contribution in [1.82, 2.24) is 0 Å². The third-order valence-electron chi connectivity index (χ3n) is 1.29. The highest BCUT2D eigenvalue weighted by Gasteiger charge is 2.07. The molecule has 1 aromatic carbocycles. The van der Waals surface area contributed by atoms with E-state index >= 15 is 0 Å². The van der Waals surface area contributed by atoms with E-state index in [1.54, 1.807) is 12.1 Å². The molecule has 13 heavy (non-hydrogen) atoms. The molecule has 0 heterocycles. The fourth-order valence-electron chi connectivity index (χ4n) is 0.817. The molecule has 0 unspecified atom stereocenters. The van der Waals surface area contributed by atoms with Crippen molar-refractivity contribution in [3.8, 4) is 5.75 Å². The van der Waals surface area contributed by atoms with E-state index < -0.39 is 10.1 Å². The zero-order valence-electron chi connectivity index (χ0n) is 6.93. The Kier molecular flexibility index (Phi) is 2.67. The molecule has 0 aliphatic rings. The minimum absolute atomic E-state index is 0.0556. The van der Waals surface area contributed by atoms with E-state index in [-0.39, 0.29) is 11.3 Å². The van der Waals surface area contributed by atoms with Crippen LogP contribution in [0.4, 0.5) is 0 Å². The van der Waals surface area contributed by atoms with Crippen molar-refractivity contribution in [1.29, 1.82) is 0 Å². The minimum atomic E-state index is -3.57. The van der Waals surface area contributed by atoms with Crippen LogP contribution in [0.2, 0.25) is 0 Å². The molecule has 0 saturated carbocycles. The molecule has 0 aliphatic carbocycles. The molecule has 0 amide bonds. The lowest BCUT2D eigenvalue weighted by molar-refractivity contribution is 0.112. The van der Waals surface area contributed by atoms with E-state index in [1.165, 1.54) is 12.1 Å². The van der Waals surface area contributed by atoms with Gasteiger partial charge < -0.3 is 4.18 Å². The van der Waals surface area contributed by atoms with Crippen LogP contribution in [-0.2, 0) is 10.1 Å². The van der Waals surface area contributed by atoms with E-state index in [0.717, 1.165) is 6.26 Å². The Bertz CT molecular complexity index is 408. The van der Waals surface area contributed by atoms with Crippen LogP contribution in [0, 0.1) is 0 Å². The Morgan fingerprint density at radius 2 is 1.92 bits per heavy atom. The summed E-state index contributed by atoms with van der Waals surface area (Å²) in [5, 5.41) is 0. The van der Waals surface area contributed by atoms with E-state index in [1.807, 2.05) is 0 Å². The number of rotatable bonds is 3. The van der Waals surface area contributed by atoms with E-state index in [2.05, 4.69) is 4.18 Å². The van der Waals surface area contributed by atoms with Crippen LogP contribution in [0.5, 0.6) is 5.75 Å². The molecule has 5 heteroatoms. The number of hydrogen-bond acceptors (Lipinski definition) is 4. The lowest BCUT2D eigenvalue weighted by atomic mass is 10.2. The summed E-state index contributed by atoms with van der Waals surface area (Å²) in [6, 6.07) is 6.12. The van der Waals surface area contributed by atoms with Crippen molar-refractivity contribution in [3.63, 3.8) is 0 Å². The van der Waals surface area contributed by atoms with E-state index in [9.17, 15) is 13.2 Å². The number of para-hydroxylation sites is 1. The van der Waals surface area contributed by atoms with Gasteiger partial charge in [-0.2, -0.15) is 8.42 Å². The van der Waals surface area contributed by atoms with Gasteiger partial charge in [0.2, 0.25) is 0 Å². The van der Waals surface area contributed by atoms with Gasteiger partial charge in [0.25, 0.3) is 0 Å². The fraction of sp³-hybridized carbons (Fsp3) is 0.125. The second-order valence-electron chi connectivity index (χ2n) is 2.44. The number of hydrogen-bond donors (Lipinski definition) is 0. The van der Waals surface area contributed by atoms with Crippen LogP contribution < -0.4 is 4.18 Å². The molecule has 0 aliphatic heterocycles. The zero-order valence-corrected chi connectivity index (χ0v) is 7.74. The Morgan fingerprint density at radius 3 is 2.46 bits per heavy atom. The van der Waals surface area contributed by atoms with Gasteiger partial charge in [-0.05, 0) is 12.1 Å². The van der Waals surface area contributed by atoms with Crippen LogP contribution in [0.25, 0.3) is 0 Å². The first kappa shape index (κ1) is 9.73. The van der Waals surface area contributed by atoms with Crippen LogP contribution in [0.1, 0.15) is 10.4 Å². The fourth-order valence-corrected chi connectivity index (χ4v) is 1.29. The second-order valence-corrected chi connectivity index (χ2v) is 4.02. The molecule has 0 N–H and O–H groups in total. The van der Waals surface area contributed by atoms with E-state index in [4.69, 9.17) is 0 Å². The van der Waals surface area contributed by atoms with Crippen molar-refractivity contribution in [3.05, 3.63) is 29.8 Å². The standard InChI is InChI=1S/C8H8O4S/c1-13(10,11)12-8-5-3-2-4-7(8)6-9/h2-6H,1H3. The molecule has 0 aromatic heterocycles. The van der Waals surface area contributed by atoms with Crippen molar-refractivity contribution >= 4 is 16.4 Å². The largest absolute Gasteiger partial charge is 0.382 e. The van der Waals surface area contributed by atoms with Gasteiger partial charge in [0, 0.05) is 0 Å². The van der Waals surface area contributed by atoms with Crippen molar-refractivity contribution in [2.24, 2.45) is 0 Å². The SMILES string of the molecule is CS(=O)(=O)Oc1ccccc1C=O. The molecule has 0 atom stereocenters. The summed E-state index contributed by atoms with van der Waals surface area (Å²) in [6.45, 7) is 0. The zero-order chi connectivity index (χ0) is 9.90. The van der Waals surface area contributed by atoms with Crippen molar-refractivity contribution in [2.45, 2.75) is 0 Å². The molecule has 1 rings (SSSR count). The van der Waals surface area contributed by atoms with Gasteiger partial charge in [-0.1, -0.05) is 12.1 Å². The quantitative estimate of drug-likeness (QED) is 0.535. The maximum atomic E-state index is 10.7. The van der Waals surface area contributed by atoms with Gasteiger partial charge in [-0.15, -0.1) is 0 Å². The predicted molar refractivity (Wildman–Crippen MR) is 47.3 cm³/mol. The summed E-state index contributed by atoms with van der Waals surface area (Å²) in [5.74, 6) is 0.0556. The average Bonchev–Trinajstić information content (AvgIpc) is 2.02. The minimum Gasteiger partial charge on any atom is -0.382 e. The van der Waals surface area contributed by atoms with E-state index in [0.29, 0.717) is 6.29 Å². The summed E-state index contributed by atoms with van der Waals surface area (Å²) >= 11 is 0. The Labute approximate surface area is 76.3 Å². The first-order chi connectivity index (χ1) is 6.03. The maximum absolute atomic E-state index is 10.7. The molecule has 4 nitrogen and oxygen atoms in total. The lowest BCUT2D eigenvalue weighted by Gasteiger charge is -2.03. The van der Waals surface area contributed by atoms with Gasteiger partial charge in [0.1, 0.15) is 0 Å². The topological polar surface area (TPSA) is 60.4 Å². The highest BCUT2D eigenvalue weighted by atomic mass is 32.2. The van der Waals surface area contributed by atoms with Crippen LogP contribution in [0.3, 0.4) is 0 Å². The third kappa shape index (κ3) is 2.87. The first-order valence-electron chi connectivity index (χ1n) is 3.46. The van der Waals surface area contributed by atoms with Crippen LogP contribution in [-0.4, -0.2) is 21.0 Å². The van der Waals surface area contributed by atoms with Gasteiger partial charge in [-0.3, -0.25) is 4.79 Å². The van der Waals surface area contributed by atoms with Gasteiger partial charge >= 0.3 is 10.1 Å². The molecule has 0 spiro atoms. The Hall–Kier alpha value is -1.36. The molecule has 0 saturated heterocycles. The lowest BCUT2D eigenvalue weighted by Crippen LogP contribution is -2.07. The first-order valence-corrected chi connectivity index (χ1v) is 5.28. The molecular weight excluding hydrogens is 192 g/mol. The normalized spacial score (nSPS) is 10.8. The van der Waals surface area contributed by atoms with Crippen molar-refractivity contribution in [2.75, 3.05) is 6.26 Å². The third-order valence-corrected chi connectivity index (χ3v) is 1.77. The summed E-state index contributed by atoms with van der Waals surface area (Å²) < 4.78 is 26.0. The summed E-state index contributed by atoms with van der Waals surface area (Å²) in [5.41, 5.74) is 0.216. The second kappa shape index (κ2) is 3.57. The highest BCUT2D eigenvalue weighted by Crippen LogP contribution is 2.16. The maximum Gasteiger partial charge on any atom is 0.306 e. The number of benzene rings is 1. The molecule has 0 fully saturated rings. The Balaban J connectivity index is 3.08. The van der Waals surface area contributed by atoms with Crippen molar-refractivity contribution < 1.29 is 17.4 Å². The molecular formula is C8H8O4S. The number of aldehydes is 1.